The third kappa shape index (κ3) is 3.19. The number of amides is 1. The Labute approximate surface area is 121 Å². The number of anilines is 2. The molecular weight excluding hydrogens is 282 g/mol. The predicted molar refractivity (Wildman–Crippen MR) is 80.4 cm³/mol. The van der Waals surface area contributed by atoms with Crippen LogP contribution in [0.25, 0.3) is 0 Å². The summed E-state index contributed by atoms with van der Waals surface area (Å²) in [6.07, 6.45) is 1.52. The zero-order valence-electron chi connectivity index (χ0n) is 10.1. The van der Waals surface area contributed by atoms with Gasteiger partial charge in [-0.25, -0.2) is 4.98 Å². The van der Waals surface area contributed by atoms with Gasteiger partial charge in [-0.3, -0.25) is 4.79 Å². The largest absolute Gasteiger partial charge is 0.386 e. The van der Waals surface area contributed by atoms with E-state index >= 15 is 0 Å². The minimum atomic E-state index is -0.360. The zero-order valence-corrected chi connectivity index (χ0v) is 11.8. The number of hydrogen-bond donors (Lipinski definition) is 3. The normalized spacial score (nSPS) is 10.1. The van der Waals surface area contributed by atoms with Gasteiger partial charge in [-0.15, -0.1) is 12.6 Å². The quantitative estimate of drug-likeness (QED) is 0.761. The minimum Gasteiger partial charge on any atom is -0.386 e. The lowest BCUT2D eigenvalue weighted by atomic mass is 10.2. The van der Waals surface area contributed by atoms with Crippen molar-refractivity contribution in [3.8, 4) is 0 Å². The second-order valence-electron chi connectivity index (χ2n) is 3.77. The fourth-order valence-corrected chi connectivity index (χ4v) is 2.00. The van der Waals surface area contributed by atoms with Gasteiger partial charge >= 0.3 is 0 Å². The van der Waals surface area contributed by atoms with Gasteiger partial charge in [-0.2, -0.15) is 0 Å². The van der Waals surface area contributed by atoms with E-state index in [-0.39, 0.29) is 11.6 Å². The molecule has 0 saturated carbocycles. The maximum Gasteiger partial charge on any atom is 0.275 e. The Kier molecular flexibility index (Phi) is 4.29. The Bertz CT molecular complexity index is 619. The highest BCUT2D eigenvalue weighted by Crippen LogP contribution is 2.25. The summed E-state index contributed by atoms with van der Waals surface area (Å²) in [5.41, 5.74) is 1.61. The first-order valence-electron chi connectivity index (χ1n) is 5.54. The number of carbonyl (C=O) groups is 1. The molecule has 0 aliphatic carbocycles. The van der Waals surface area contributed by atoms with E-state index in [1.807, 2.05) is 12.1 Å². The van der Waals surface area contributed by atoms with Gasteiger partial charge in [0.25, 0.3) is 5.91 Å². The molecule has 1 aromatic heterocycles. The molecule has 0 atom stereocenters. The van der Waals surface area contributed by atoms with E-state index < -0.39 is 0 Å². The lowest BCUT2D eigenvalue weighted by Gasteiger charge is -2.11. The van der Waals surface area contributed by atoms with Gasteiger partial charge in [-0.1, -0.05) is 11.6 Å². The van der Waals surface area contributed by atoms with Crippen molar-refractivity contribution in [1.29, 1.82) is 0 Å². The van der Waals surface area contributed by atoms with E-state index in [4.69, 9.17) is 11.6 Å². The Balaban J connectivity index is 2.29. The van der Waals surface area contributed by atoms with Crippen LogP contribution in [-0.2, 0) is 0 Å². The van der Waals surface area contributed by atoms with Crippen molar-refractivity contribution >= 4 is 41.5 Å². The third-order valence-corrected chi connectivity index (χ3v) is 3.08. The molecule has 0 aliphatic heterocycles. The van der Waals surface area contributed by atoms with Gasteiger partial charge in [0.05, 0.1) is 16.4 Å². The Morgan fingerprint density at radius 1 is 1.32 bits per heavy atom. The molecule has 1 amide bonds. The number of benzene rings is 1. The summed E-state index contributed by atoms with van der Waals surface area (Å²) in [5.74, 6) is -0.360. The Hall–Kier alpha value is -1.72. The van der Waals surface area contributed by atoms with Gasteiger partial charge in [0, 0.05) is 18.1 Å². The monoisotopic (exact) mass is 293 g/mol. The van der Waals surface area contributed by atoms with Crippen LogP contribution in [-0.4, -0.2) is 17.9 Å². The Morgan fingerprint density at radius 2 is 2.11 bits per heavy atom. The van der Waals surface area contributed by atoms with Crippen LogP contribution in [0.4, 0.5) is 11.4 Å². The van der Waals surface area contributed by atoms with E-state index in [0.29, 0.717) is 10.7 Å². The van der Waals surface area contributed by atoms with E-state index in [0.717, 1.165) is 10.6 Å². The van der Waals surface area contributed by atoms with Gasteiger partial charge < -0.3 is 10.6 Å². The van der Waals surface area contributed by atoms with Gasteiger partial charge in [0.15, 0.2) is 0 Å². The first kappa shape index (κ1) is 13.7. The molecular formula is C13H12ClN3OS. The third-order valence-electron chi connectivity index (χ3n) is 2.49. The summed E-state index contributed by atoms with van der Waals surface area (Å²) < 4.78 is 0. The number of aromatic nitrogens is 1. The van der Waals surface area contributed by atoms with Gasteiger partial charge in [0.2, 0.25) is 0 Å². The fraction of sp³-hybridized carbons (Fsp3) is 0.0769. The fourth-order valence-electron chi connectivity index (χ4n) is 1.59. The number of pyridine rings is 1. The highest BCUT2D eigenvalue weighted by molar-refractivity contribution is 7.80. The number of carbonyl (C=O) groups excluding carboxylic acids is 1. The summed E-state index contributed by atoms with van der Waals surface area (Å²) >= 11 is 10.2. The highest BCUT2D eigenvalue weighted by Gasteiger charge is 2.13. The van der Waals surface area contributed by atoms with Crippen LogP contribution in [0.15, 0.2) is 41.4 Å². The number of thiol groups is 1. The molecule has 2 aromatic rings. The van der Waals surface area contributed by atoms with Crippen molar-refractivity contribution in [3.05, 3.63) is 47.2 Å². The summed E-state index contributed by atoms with van der Waals surface area (Å²) in [5, 5.41) is 6.07. The van der Waals surface area contributed by atoms with Crippen molar-refractivity contribution in [2.24, 2.45) is 0 Å². The molecule has 1 heterocycles. The number of hydrogen-bond acceptors (Lipinski definition) is 4. The lowest BCUT2D eigenvalue weighted by molar-refractivity contribution is 0.102. The van der Waals surface area contributed by atoms with E-state index in [2.05, 4.69) is 28.2 Å². The molecule has 4 nitrogen and oxygen atoms in total. The maximum atomic E-state index is 12.1. The van der Waals surface area contributed by atoms with Gasteiger partial charge in [0.1, 0.15) is 5.69 Å². The maximum absolute atomic E-state index is 12.1. The molecule has 2 rings (SSSR count). The van der Waals surface area contributed by atoms with Crippen LogP contribution in [0, 0.1) is 0 Å². The number of halogens is 1. The summed E-state index contributed by atoms with van der Waals surface area (Å²) in [6, 6.07) is 8.71. The molecule has 0 fully saturated rings. The van der Waals surface area contributed by atoms with Crippen LogP contribution < -0.4 is 10.6 Å². The second-order valence-corrected chi connectivity index (χ2v) is 4.69. The molecule has 0 aliphatic rings. The molecule has 0 spiro atoms. The van der Waals surface area contributed by atoms with Crippen LogP contribution >= 0.6 is 24.2 Å². The van der Waals surface area contributed by atoms with E-state index in [1.54, 1.807) is 25.2 Å². The highest BCUT2D eigenvalue weighted by atomic mass is 35.5. The molecule has 0 saturated heterocycles. The van der Waals surface area contributed by atoms with Gasteiger partial charge in [-0.05, 0) is 30.3 Å². The topological polar surface area (TPSA) is 54.0 Å². The number of nitrogens with zero attached hydrogens (tertiary/aromatic N) is 1. The average molecular weight is 294 g/mol. The molecule has 19 heavy (non-hydrogen) atoms. The smallest absolute Gasteiger partial charge is 0.275 e. The van der Waals surface area contributed by atoms with Crippen LogP contribution in [0.3, 0.4) is 0 Å². The Morgan fingerprint density at radius 3 is 2.79 bits per heavy atom. The molecule has 0 bridgehead atoms. The summed E-state index contributed by atoms with van der Waals surface area (Å²) in [4.78, 5) is 16.8. The standard InChI is InChI=1S/C13H12ClN3OS/c1-15-10-5-4-8(19)7-11(10)17-13(18)12-9(14)3-2-6-16-12/h2-7,15,19H,1H3,(H,17,18). The average Bonchev–Trinajstić information content (AvgIpc) is 2.39. The summed E-state index contributed by atoms with van der Waals surface area (Å²) in [6.45, 7) is 0. The number of rotatable bonds is 3. The molecule has 1 aromatic carbocycles. The van der Waals surface area contributed by atoms with Crippen LogP contribution in [0.5, 0.6) is 0 Å². The van der Waals surface area contributed by atoms with Crippen molar-refractivity contribution < 1.29 is 4.79 Å². The molecule has 98 valence electrons. The van der Waals surface area contributed by atoms with Crippen molar-refractivity contribution in [1.82, 2.24) is 4.98 Å². The second kappa shape index (κ2) is 5.95. The first-order valence-corrected chi connectivity index (χ1v) is 6.37. The van der Waals surface area contributed by atoms with Crippen molar-refractivity contribution in [3.63, 3.8) is 0 Å². The van der Waals surface area contributed by atoms with Crippen LogP contribution in [0.1, 0.15) is 10.5 Å². The van der Waals surface area contributed by atoms with Crippen LogP contribution in [0.2, 0.25) is 5.02 Å². The lowest BCUT2D eigenvalue weighted by Crippen LogP contribution is -2.15. The van der Waals surface area contributed by atoms with Crippen molar-refractivity contribution in [2.75, 3.05) is 17.7 Å². The van der Waals surface area contributed by atoms with Crippen molar-refractivity contribution in [2.45, 2.75) is 4.90 Å². The number of nitrogens with one attached hydrogen (secondary N) is 2. The molecule has 6 heteroatoms. The molecule has 0 radical (unpaired) electrons. The zero-order chi connectivity index (χ0) is 13.8. The first-order chi connectivity index (χ1) is 9.11. The SMILES string of the molecule is CNc1ccc(S)cc1NC(=O)c1ncccc1Cl. The molecule has 2 N–H and O–H groups in total. The predicted octanol–water partition coefficient (Wildman–Crippen LogP) is 3.32. The van der Waals surface area contributed by atoms with E-state index in [9.17, 15) is 4.79 Å². The minimum absolute atomic E-state index is 0.191. The molecule has 0 unspecified atom stereocenters. The summed E-state index contributed by atoms with van der Waals surface area (Å²) in [7, 11) is 1.77. The van der Waals surface area contributed by atoms with E-state index in [1.165, 1.54) is 6.20 Å².